The largest absolute Gasteiger partial charge is 0.376 e. The van der Waals surface area contributed by atoms with Gasteiger partial charge in [-0.1, -0.05) is 0 Å². The van der Waals surface area contributed by atoms with Crippen molar-refractivity contribution in [2.24, 2.45) is 0 Å². The van der Waals surface area contributed by atoms with Crippen LogP contribution in [0.25, 0.3) is 0 Å². The highest BCUT2D eigenvalue weighted by atomic mass is 19.1. The molecule has 2 saturated heterocycles. The Kier molecular flexibility index (Phi) is 5.99. The maximum Gasteiger partial charge on any atom is 0.253 e. The fraction of sp³-hybridized carbons (Fsp3) is 0.556. The van der Waals surface area contributed by atoms with Crippen LogP contribution in [0.5, 0.6) is 0 Å². The van der Waals surface area contributed by atoms with E-state index < -0.39 is 0 Å². The van der Waals surface area contributed by atoms with Gasteiger partial charge in [-0.3, -0.25) is 9.59 Å². The molecule has 0 N–H and O–H groups in total. The van der Waals surface area contributed by atoms with Crippen molar-refractivity contribution in [3.05, 3.63) is 35.6 Å². The van der Waals surface area contributed by atoms with Gasteiger partial charge in [0.2, 0.25) is 5.91 Å². The fourth-order valence-corrected chi connectivity index (χ4v) is 3.08. The average Bonchev–Trinajstić information content (AvgIpc) is 3.15. The molecular weight excluding hydrogens is 327 g/mol. The van der Waals surface area contributed by atoms with Crippen LogP contribution >= 0.6 is 0 Å². The number of carbonyl (C=O) groups excluding carboxylic acids is 2. The van der Waals surface area contributed by atoms with E-state index >= 15 is 0 Å². The van der Waals surface area contributed by atoms with Gasteiger partial charge in [0.25, 0.3) is 5.91 Å². The highest BCUT2D eigenvalue weighted by molar-refractivity contribution is 5.94. The van der Waals surface area contributed by atoms with E-state index in [1.165, 1.54) is 24.3 Å². The third kappa shape index (κ3) is 4.76. The number of nitrogens with zero attached hydrogens (tertiary/aromatic N) is 2. The van der Waals surface area contributed by atoms with Crippen molar-refractivity contribution in [1.29, 1.82) is 0 Å². The normalized spacial score (nSPS) is 20.8. The molecule has 25 heavy (non-hydrogen) atoms. The highest BCUT2D eigenvalue weighted by Gasteiger charge is 2.25. The van der Waals surface area contributed by atoms with E-state index in [9.17, 15) is 14.0 Å². The lowest BCUT2D eigenvalue weighted by Gasteiger charge is -2.34. The first-order chi connectivity index (χ1) is 12.1. The lowest BCUT2D eigenvalue weighted by Crippen LogP contribution is -2.51. The number of halogens is 1. The monoisotopic (exact) mass is 350 g/mol. The van der Waals surface area contributed by atoms with E-state index in [0.29, 0.717) is 38.3 Å². The topological polar surface area (TPSA) is 59.1 Å². The quantitative estimate of drug-likeness (QED) is 0.803. The summed E-state index contributed by atoms with van der Waals surface area (Å²) < 4.78 is 23.9. The smallest absolute Gasteiger partial charge is 0.253 e. The Labute approximate surface area is 146 Å². The van der Waals surface area contributed by atoms with Crippen molar-refractivity contribution in [2.75, 3.05) is 46.0 Å². The van der Waals surface area contributed by atoms with Gasteiger partial charge in [0, 0.05) is 38.3 Å². The first-order valence-electron chi connectivity index (χ1n) is 8.65. The van der Waals surface area contributed by atoms with Gasteiger partial charge in [0.05, 0.1) is 12.7 Å². The number of hydrogen-bond donors (Lipinski definition) is 0. The standard InChI is InChI=1S/C18H23FN2O4/c19-15-5-3-14(4-6-15)18(23)21-9-7-20(8-10-21)17(22)13-24-12-16-2-1-11-25-16/h3-6,16H,1-2,7-13H2. The van der Waals surface area contributed by atoms with Gasteiger partial charge in [0.15, 0.2) is 0 Å². The van der Waals surface area contributed by atoms with E-state index in [1.807, 2.05) is 0 Å². The van der Waals surface area contributed by atoms with Crippen LogP contribution in [-0.2, 0) is 14.3 Å². The minimum atomic E-state index is -0.366. The van der Waals surface area contributed by atoms with Crippen LogP contribution in [-0.4, -0.2) is 73.7 Å². The highest BCUT2D eigenvalue weighted by Crippen LogP contribution is 2.13. The zero-order chi connectivity index (χ0) is 17.6. The van der Waals surface area contributed by atoms with Crippen molar-refractivity contribution in [3.63, 3.8) is 0 Å². The lowest BCUT2D eigenvalue weighted by atomic mass is 10.2. The number of hydrogen-bond acceptors (Lipinski definition) is 4. The average molecular weight is 350 g/mol. The third-order valence-corrected chi connectivity index (χ3v) is 4.56. The first-order valence-corrected chi connectivity index (χ1v) is 8.65. The molecule has 2 heterocycles. The Morgan fingerprint density at radius 2 is 1.80 bits per heavy atom. The Morgan fingerprint density at radius 3 is 2.44 bits per heavy atom. The zero-order valence-corrected chi connectivity index (χ0v) is 14.2. The van der Waals surface area contributed by atoms with Crippen molar-refractivity contribution < 1.29 is 23.5 Å². The Hall–Kier alpha value is -1.99. The molecule has 0 aliphatic carbocycles. The molecule has 7 heteroatoms. The Bertz CT molecular complexity index is 594. The van der Waals surface area contributed by atoms with Crippen LogP contribution in [0.1, 0.15) is 23.2 Å². The number of ether oxygens (including phenoxy) is 2. The second-order valence-corrected chi connectivity index (χ2v) is 6.33. The van der Waals surface area contributed by atoms with Crippen LogP contribution in [0.2, 0.25) is 0 Å². The van der Waals surface area contributed by atoms with Gasteiger partial charge < -0.3 is 19.3 Å². The lowest BCUT2D eigenvalue weighted by molar-refractivity contribution is -0.138. The summed E-state index contributed by atoms with van der Waals surface area (Å²) in [5, 5.41) is 0. The summed E-state index contributed by atoms with van der Waals surface area (Å²) in [7, 11) is 0. The molecule has 0 bridgehead atoms. The summed E-state index contributed by atoms with van der Waals surface area (Å²) >= 11 is 0. The van der Waals surface area contributed by atoms with Gasteiger partial charge in [0.1, 0.15) is 12.4 Å². The molecule has 0 aromatic heterocycles. The maximum atomic E-state index is 12.9. The summed E-state index contributed by atoms with van der Waals surface area (Å²) in [6.07, 6.45) is 2.14. The zero-order valence-electron chi connectivity index (χ0n) is 14.2. The molecule has 0 spiro atoms. The molecule has 2 amide bonds. The van der Waals surface area contributed by atoms with Gasteiger partial charge in [-0.15, -0.1) is 0 Å². The van der Waals surface area contributed by atoms with Crippen molar-refractivity contribution in [3.8, 4) is 0 Å². The van der Waals surface area contributed by atoms with Gasteiger partial charge in [-0.25, -0.2) is 4.39 Å². The molecule has 136 valence electrons. The van der Waals surface area contributed by atoms with E-state index in [1.54, 1.807) is 9.80 Å². The molecular formula is C18H23FN2O4. The number of rotatable bonds is 5. The third-order valence-electron chi connectivity index (χ3n) is 4.56. The fourth-order valence-electron chi connectivity index (χ4n) is 3.08. The molecule has 0 saturated carbocycles. The molecule has 2 fully saturated rings. The minimum absolute atomic E-state index is 0.0474. The predicted octanol–water partition coefficient (Wildman–Crippen LogP) is 1.31. The summed E-state index contributed by atoms with van der Waals surface area (Å²) in [4.78, 5) is 27.9. The van der Waals surface area contributed by atoms with Gasteiger partial charge >= 0.3 is 0 Å². The predicted molar refractivity (Wildman–Crippen MR) is 88.7 cm³/mol. The van der Waals surface area contributed by atoms with E-state index in [4.69, 9.17) is 9.47 Å². The van der Waals surface area contributed by atoms with Crippen LogP contribution in [0, 0.1) is 5.82 Å². The van der Waals surface area contributed by atoms with Crippen molar-refractivity contribution >= 4 is 11.8 Å². The van der Waals surface area contributed by atoms with E-state index in [-0.39, 0.29) is 30.3 Å². The second kappa shape index (κ2) is 8.40. The molecule has 2 aliphatic heterocycles. The number of amides is 2. The molecule has 1 atom stereocenters. The summed E-state index contributed by atoms with van der Waals surface area (Å²) in [6.45, 7) is 3.16. The minimum Gasteiger partial charge on any atom is -0.376 e. The van der Waals surface area contributed by atoms with E-state index in [0.717, 1.165) is 19.4 Å². The number of carbonyl (C=O) groups is 2. The van der Waals surface area contributed by atoms with Crippen molar-refractivity contribution in [1.82, 2.24) is 9.80 Å². The summed E-state index contributed by atoms with van der Waals surface area (Å²) in [5.74, 6) is -0.566. The number of piperazine rings is 1. The van der Waals surface area contributed by atoms with E-state index in [2.05, 4.69) is 0 Å². The van der Waals surface area contributed by atoms with Crippen LogP contribution in [0.4, 0.5) is 4.39 Å². The molecule has 3 rings (SSSR count). The second-order valence-electron chi connectivity index (χ2n) is 6.33. The molecule has 1 unspecified atom stereocenters. The van der Waals surface area contributed by atoms with Crippen LogP contribution < -0.4 is 0 Å². The van der Waals surface area contributed by atoms with Gasteiger partial charge in [-0.2, -0.15) is 0 Å². The molecule has 1 aromatic carbocycles. The Morgan fingerprint density at radius 1 is 1.12 bits per heavy atom. The van der Waals surface area contributed by atoms with Gasteiger partial charge in [-0.05, 0) is 37.1 Å². The summed E-state index contributed by atoms with van der Waals surface area (Å²) in [5.41, 5.74) is 0.459. The molecule has 6 nitrogen and oxygen atoms in total. The molecule has 0 radical (unpaired) electrons. The first kappa shape index (κ1) is 17.8. The van der Waals surface area contributed by atoms with Crippen molar-refractivity contribution in [2.45, 2.75) is 18.9 Å². The molecule has 2 aliphatic rings. The Balaban J connectivity index is 1.40. The van der Waals surface area contributed by atoms with Crippen LogP contribution in [0.15, 0.2) is 24.3 Å². The van der Waals surface area contributed by atoms with Crippen LogP contribution in [0.3, 0.4) is 0 Å². The molecule has 1 aromatic rings. The number of benzene rings is 1. The SMILES string of the molecule is O=C(COCC1CCCO1)N1CCN(C(=O)c2ccc(F)cc2)CC1. The summed E-state index contributed by atoms with van der Waals surface area (Å²) in [6, 6.07) is 5.51. The maximum absolute atomic E-state index is 12.9.